The summed E-state index contributed by atoms with van der Waals surface area (Å²) in [4.78, 5) is 40.6. The highest BCUT2D eigenvalue weighted by Gasteiger charge is 2.51. The van der Waals surface area contributed by atoms with E-state index in [2.05, 4.69) is 15.1 Å². The summed E-state index contributed by atoms with van der Waals surface area (Å²) in [7, 11) is 0. The maximum atomic E-state index is 12.5. The van der Waals surface area contributed by atoms with Crippen molar-refractivity contribution in [2.45, 2.75) is 44.6 Å². The molecular weight excluding hydrogens is 336 g/mol. The van der Waals surface area contributed by atoms with E-state index in [1.54, 1.807) is 4.90 Å². The zero-order valence-corrected chi connectivity index (χ0v) is 15.0. The van der Waals surface area contributed by atoms with Gasteiger partial charge in [0.25, 0.3) is 5.56 Å². The van der Waals surface area contributed by atoms with Gasteiger partial charge in [0.05, 0.1) is 11.8 Å². The topological polar surface area (TPSA) is 98.5 Å². The van der Waals surface area contributed by atoms with Gasteiger partial charge in [0.2, 0.25) is 5.91 Å². The molecule has 4 heterocycles. The lowest BCUT2D eigenvalue weighted by Crippen LogP contribution is -2.45. The van der Waals surface area contributed by atoms with E-state index in [1.807, 2.05) is 0 Å². The molecule has 26 heavy (non-hydrogen) atoms. The molecule has 2 N–H and O–H groups in total. The number of ether oxygens (including phenoxy) is 1. The average Bonchev–Trinajstić information content (AvgIpc) is 3.33. The number of likely N-dealkylation sites (tertiary alicyclic amines) is 2. The number of hydrogen-bond acceptors (Lipinski definition) is 5. The summed E-state index contributed by atoms with van der Waals surface area (Å²) in [6.07, 6.45) is 6.13. The molecule has 0 aliphatic carbocycles. The predicted molar refractivity (Wildman–Crippen MR) is 93.5 cm³/mol. The van der Waals surface area contributed by atoms with E-state index in [4.69, 9.17) is 4.74 Å². The normalized spacial score (nSPS) is 25.8. The zero-order chi connectivity index (χ0) is 18.1. The first kappa shape index (κ1) is 17.3. The van der Waals surface area contributed by atoms with E-state index in [-0.39, 0.29) is 30.0 Å². The molecular formula is C18H26N4O4. The number of aromatic nitrogens is 2. The number of carbonyl (C=O) groups excluding carboxylic acids is 2. The van der Waals surface area contributed by atoms with Gasteiger partial charge in [-0.25, -0.2) is 0 Å². The average molecular weight is 362 g/mol. The van der Waals surface area contributed by atoms with Gasteiger partial charge in [0, 0.05) is 37.8 Å². The molecule has 3 aliphatic rings. The molecule has 4 rings (SSSR count). The molecule has 8 nitrogen and oxygen atoms in total. The summed E-state index contributed by atoms with van der Waals surface area (Å²) in [5.41, 5.74) is -0.232. The quantitative estimate of drug-likeness (QED) is 0.749. The number of H-pyrrole nitrogens is 2. The van der Waals surface area contributed by atoms with Crippen LogP contribution in [0.2, 0.25) is 0 Å². The Labute approximate surface area is 151 Å². The first-order valence-corrected chi connectivity index (χ1v) is 9.52. The van der Waals surface area contributed by atoms with E-state index < -0.39 is 5.41 Å². The summed E-state index contributed by atoms with van der Waals surface area (Å²) < 4.78 is 5.68. The van der Waals surface area contributed by atoms with Gasteiger partial charge in [-0.05, 0) is 38.8 Å². The molecule has 3 aliphatic heterocycles. The molecule has 0 saturated carbocycles. The summed E-state index contributed by atoms with van der Waals surface area (Å²) in [6.45, 7) is 4.13. The fourth-order valence-corrected chi connectivity index (χ4v) is 4.53. The second-order valence-corrected chi connectivity index (χ2v) is 7.85. The van der Waals surface area contributed by atoms with Gasteiger partial charge >= 0.3 is 5.97 Å². The van der Waals surface area contributed by atoms with Crippen LogP contribution in [-0.4, -0.2) is 70.7 Å². The SMILES string of the molecule is O=C(Cc1c[nH][nH]c1=O)N1CCC2(CC1)CC(CN1CCCC1)OC2=O. The van der Waals surface area contributed by atoms with Crippen molar-refractivity contribution >= 4 is 11.9 Å². The molecule has 0 aromatic carbocycles. The third kappa shape index (κ3) is 3.30. The number of hydrogen-bond donors (Lipinski definition) is 2. The maximum absolute atomic E-state index is 12.5. The number of esters is 1. The smallest absolute Gasteiger partial charge is 0.312 e. The van der Waals surface area contributed by atoms with Gasteiger partial charge in [-0.3, -0.25) is 24.4 Å². The van der Waals surface area contributed by atoms with Gasteiger partial charge in [0.1, 0.15) is 6.10 Å². The Hall–Kier alpha value is -2.09. The van der Waals surface area contributed by atoms with Crippen LogP contribution in [0.3, 0.4) is 0 Å². The lowest BCUT2D eigenvalue weighted by molar-refractivity contribution is -0.152. The van der Waals surface area contributed by atoms with Crippen LogP contribution in [0.25, 0.3) is 0 Å². The zero-order valence-electron chi connectivity index (χ0n) is 15.0. The summed E-state index contributed by atoms with van der Waals surface area (Å²) in [5.74, 6) is -0.152. The third-order valence-electron chi connectivity index (χ3n) is 6.12. The van der Waals surface area contributed by atoms with Gasteiger partial charge in [0.15, 0.2) is 0 Å². The molecule has 0 radical (unpaired) electrons. The maximum Gasteiger partial charge on any atom is 0.312 e. The number of nitrogens with one attached hydrogen (secondary N) is 2. The first-order valence-electron chi connectivity index (χ1n) is 9.52. The van der Waals surface area contributed by atoms with E-state index in [0.717, 1.165) is 26.1 Å². The van der Waals surface area contributed by atoms with Gasteiger partial charge in [-0.15, -0.1) is 0 Å². The highest BCUT2D eigenvalue weighted by molar-refractivity contribution is 5.81. The number of cyclic esters (lactones) is 1. The molecule has 1 aromatic heterocycles. The van der Waals surface area contributed by atoms with Crippen LogP contribution < -0.4 is 5.56 Å². The van der Waals surface area contributed by atoms with Crippen molar-refractivity contribution in [2.24, 2.45) is 5.41 Å². The molecule has 142 valence electrons. The van der Waals surface area contributed by atoms with Crippen molar-refractivity contribution in [2.75, 3.05) is 32.7 Å². The van der Waals surface area contributed by atoms with Crippen LogP contribution in [0.5, 0.6) is 0 Å². The highest BCUT2D eigenvalue weighted by Crippen LogP contribution is 2.43. The summed E-state index contributed by atoms with van der Waals surface area (Å²) >= 11 is 0. The minimum absolute atomic E-state index is 0.0127. The molecule has 1 spiro atoms. The van der Waals surface area contributed by atoms with Crippen LogP contribution in [-0.2, 0) is 20.7 Å². The molecule has 0 bridgehead atoms. The molecule has 1 unspecified atom stereocenters. The standard InChI is InChI=1S/C18H26N4O4/c23-15(9-13-11-19-20-16(13)24)22-7-3-18(4-8-22)10-14(26-17(18)25)12-21-5-1-2-6-21/h11,14H,1-10,12H2,(H2,19,20,24). The van der Waals surface area contributed by atoms with E-state index >= 15 is 0 Å². The first-order chi connectivity index (χ1) is 12.6. The van der Waals surface area contributed by atoms with Gasteiger partial charge in [-0.1, -0.05) is 0 Å². The molecule has 3 saturated heterocycles. The van der Waals surface area contributed by atoms with Crippen molar-refractivity contribution in [3.05, 3.63) is 22.1 Å². The highest BCUT2D eigenvalue weighted by atomic mass is 16.6. The number of rotatable bonds is 4. The number of piperidine rings is 1. The second kappa shape index (κ2) is 6.90. The number of aromatic amines is 2. The fraction of sp³-hybridized carbons (Fsp3) is 0.722. The van der Waals surface area contributed by atoms with Crippen molar-refractivity contribution in [1.82, 2.24) is 20.0 Å². The van der Waals surface area contributed by atoms with Crippen LogP contribution in [0.1, 0.15) is 37.7 Å². The lowest BCUT2D eigenvalue weighted by atomic mass is 9.76. The van der Waals surface area contributed by atoms with E-state index in [0.29, 0.717) is 31.5 Å². The van der Waals surface area contributed by atoms with Crippen LogP contribution in [0.15, 0.2) is 11.0 Å². The molecule has 8 heteroatoms. The van der Waals surface area contributed by atoms with Crippen molar-refractivity contribution in [3.63, 3.8) is 0 Å². The molecule has 3 fully saturated rings. The van der Waals surface area contributed by atoms with E-state index in [1.165, 1.54) is 19.0 Å². The number of nitrogens with zero attached hydrogens (tertiary/aromatic N) is 2. The van der Waals surface area contributed by atoms with Crippen LogP contribution in [0.4, 0.5) is 0 Å². The largest absolute Gasteiger partial charge is 0.461 e. The second-order valence-electron chi connectivity index (χ2n) is 7.85. The third-order valence-corrected chi connectivity index (χ3v) is 6.12. The van der Waals surface area contributed by atoms with Crippen molar-refractivity contribution < 1.29 is 14.3 Å². The predicted octanol–water partition coefficient (Wildman–Crippen LogP) is 0.266. The molecule has 1 amide bonds. The van der Waals surface area contributed by atoms with Crippen LogP contribution in [0, 0.1) is 5.41 Å². The summed E-state index contributed by atoms with van der Waals surface area (Å²) in [6, 6.07) is 0. The Bertz CT molecular complexity index is 726. The Balaban J connectivity index is 1.32. The Morgan fingerprint density at radius 3 is 2.58 bits per heavy atom. The Morgan fingerprint density at radius 1 is 1.19 bits per heavy atom. The van der Waals surface area contributed by atoms with Crippen molar-refractivity contribution in [1.29, 1.82) is 0 Å². The van der Waals surface area contributed by atoms with Gasteiger partial charge < -0.3 is 14.7 Å². The molecule has 1 aromatic rings. The number of carbonyl (C=O) groups is 2. The molecule has 1 atom stereocenters. The summed E-state index contributed by atoms with van der Waals surface area (Å²) in [5, 5.41) is 5.05. The lowest BCUT2D eigenvalue weighted by Gasteiger charge is -2.36. The van der Waals surface area contributed by atoms with Crippen molar-refractivity contribution in [3.8, 4) is 0 Å². The van der Waals surface area contributed by atoms with Gasteiger partial charge in [-0.2, -0.15) is 0 Å². The minimum Gasteiger partial charge on any atom is -0.461 e. The Kier molecular flexibility index (Phi) is 4.60. The number of amides is 1. The monoisotopic (exact) mass is 362 g/mol. The minimum atomic E-state index is -0.424. The van der Waals surface area contributed by atoms with Crippen LogP contribution >= 0.6 is 0 Å². The fourth-order valence-electron chi connectivity index (χ4n) is 4.53. The Morgan fingerprint density at radius 2 is 1.92 bits per heavy atom. The van der Waals surface area contributed by atoms with E-state index in [9.17, 15) is 14.4 Å².